The molecule has 8 nitrogen and oxygen atoms in total. The third-order valence-electron chi connectivity index (χ3n) is 11.3. The lowest BCUT2D eigenvalue weighted by molar-refractivity contribution is -0.263. The van der Waals surface area contributed by atoms with E-state index >= 15 is 0 Å². The van der Waals surface area contributed by atoms with Gasteiger partial charge in [0.2, 0.25) is 0 Å². The quantitative estimate of drug-likeness (QED) is 0.101. The predicted octanol–water partition coefficient (Wildman–Crippen LogP) is 9.88. The molecular formula is C51H49N3O5. The summed E-state index contributed by atoms with van der Waals surface area (Å²) in [7, 11) is 2.15. The summed E-state index contributed by atoms with van der Waals surface area (Å²) in [5.74, 6) is -0.309. The SMILES string of the molecule is CC(=O)[C@@H](Cc1ccccc1)NC(=O)Nc1cccc(C2O[C@H](CN(C)Cc3c4ccccc4cc4ccccc34)[C@@H](c3ccccc3)[C@H](c3ccc(CO)cc3)O2)c1. The minimum atomic E-state index is -0.776. The first kappa shape index (κ1) is 39.7. The number of nitrogens with zero attached hydrogens (tertiary/aromatic N) is 1. The van der Waals surface area contributed by atoms with Crippen molar-refractivity contribution in [1.29, 1.82) is 0 Å². The van der Waals surface area contributed by atoms with E-state index < -0.39 is 24.5 Å². The molecule has 1 heterocycles. The molecule has 1 fully saturated rings. The van der Waals surface area contributed by atoms with Crippen molar-refractivity contribution in [3.05, 3.63) is 197 Å². The summed E-state index contributed by atoms with van der Waals surface area (Å²) >= 11 is 0. The van der Waals surface area contributed by atoms with Crippen molar-refractivity contribution in [2.45, 2.75) is 57.0 Å². The zero-order valence-corrected chi connectivity index (χ0v) is 33.3. The van der Waals surface area contributed by atoms with Crippen molar-refractivity contribution < 1.29 is 24.2 Å². The van der Waals surface area contributed by atoms with Gasteiger partial charge in [0, 0.05) is 30.3 Å². The fraction of sp³-hybridized carbons (Fsp3) is 0.216. The van der Waals surface area contributed by atoms with Crippen LogP contribution >= 0.6 is 0 Å². The molecule has 1 saturated heterocycles. The van der Waals surface area contributed by atoms with E-state index in [0.717, 1.165) is 27.8 Å². The lowest BCUT2D eigenvalue weighted by Gasteiger charge is -2.44. The number of amides is 2. The molecule has 1 aliphatic rings. The number of aliphatic hydroxyl groups is 1. The van der Waals surface area contributed by atoms with Crippen molar-refractivity contribution >= 4 is 39.0 Å². The highest BCUT2D eigenvalue weighted by Gasteiger charge is 2.42. The van der Waals surface area contributed by atoms with Crippen molar-refractivity contribution in [2.24, 2.45) is 0 Å². The van der Waals surface area contributed by atoms with Gasteiger partial charge >= 0.3 is 6.03 Å². The Hall–Kier alpha value is -6.16. The smallest absolute Gasteiger partial charge is 0.319 e. The molecule has 2 amide bonds. The predicted molar refractivity (Wildman–Crippen MR) is 234 cm³/mol. The summed E-state index contributed by atoms with van der Waals surface area (Å²) < 4.78 is 14.1. The van der Waals surface area contributed by atoms with Crippen LogP contribution in [0.5, 0.6) is 0 Å². The number of benzene rings is 7. The highest BCUT2D eigenvalue weighted by Crippen LogP contribution is 2.47. The standard InChI is InChI=1S/C51H49N3O5/c1-34(56)46(28-35-14-5-3-6-15-35)53-51(57)52-42-21-13-20-41(30-42)50-58-47(48(37-16-7-4-8-17-37)49(59-50)38-26-24-36(33-55)25-27-38)32-54(2)31-45-43-22-11-9-18-39(43)29-40-19-10-12-23-44(40)45/h3-27,29-30,46-50,55H,28,31-33H2,1-2H3,(H2,52,53,57)/t46-,47-,48-,49+,50?/m1/s1. The Balaban J connectivity index is 1.10. The van der Waals surface area contributed by atoms with E-state index in [1.807, 2.05) is 97.1 Å². The van der Waals surface area contributed by atoms with Gasteiger partial charge < -0.3 is 25.2 Å². The molecule has 7 aromatic carbocycles. The second-order valence-electron chi connectivity index (χ2n) is 15.5. The van der Waals surface area contributed by atoms with Gasteiger partial charge in [-0.05, 0) is 88.0 Å². The molecule has 298 valence electrons. The van der Waals surface area contributed by atoms with Crippen LogP contribution in [0.25, 0.3) is 21.5 Å². The minimum absolute atomic E-state index is 0.0529. The maximum atomic E-state index is 13.3. The largest absolute Gasteiger partial charge is 0.392 e. The van der Waals surface area contributed by atoms with Crippen LogP contribution in [0.15, 0.2) is 164 Å². The van der Waals surface area contributed by atoms with Crippen molar-refractivity contribution in [3.8, 4) is 0 Å². The van der Waals surface area contributed by atoms with E-state index in [2.05, 4.69) is 89.3 Å². The van der Waals surface area contributed by atoms with Crippen molar-refractivity contribution in [1.82, 2.24) is 10.2 Å². The van der Waals surface area contributed by atoms with Gasteiger partial charge in [-0.3, -0.25) is 9.69 Å². The van der Waals surface area contributed by atoms with Gasteiger partial charge in [-0.15, -0.1) is 0 Å². The Morgan fingerprint density at radius 1 is 0.678 bits per heavy atom. The third-order valence-corrected chi connectivity index (χ3v) is 11.3. The zero-order chi connectivity index (χ0) is 40.7. The number of nitrogens with one attached hydrogen (secondary N) is 2. The van der Waals surface area contributed by atoms with E-state index in [4.69, 9.17) is 9.47 Å². The van der Waals surface area contributed by atoms with Crippen LogP contribution in [0.2, 0.25) is 0 Å². The number of Topliss-reactive ketones (excluding diaryl/α,β-unsaturated/α-hetero) is 1. The number of anilines is 1. The Bertz CT molecular complexity index is 2470. The van der Waals surface area contributed by atoms with E-state index in [-0.39, 0.29) is 24.4 Å². The lowest BCUT2D eigenvalue weighted by atomic mass is 9.83. The molecule has 7 aromatic rings. The van der Waals surface area contributed by atoms with Crippen molar-refractivity contribution in [3.63, 3.8) is 0 Å². The number of hydrogen-bond acceptors (Lipinski definition) is 6. The maximum Gasteiger partial charge on any atom is 0.319 e. The number of ketones is 1. The first-order valence-corrected chi connectivity index (χ1v) is 20.2. The van der Waals surface area contributed by atoms with Gasteiger partial charge in [-0.1, -0.05) is 146 Å². The molecule has 1 unspecified atom stereocenters. The minimum Gasteiger partial charge on any atom is -0.392 e. The summed E-state index contributed by atoms with van der Waals surface area (Å²) in [5, 5.41) is 20.6. The Kier molecular flexibility index (Phi) is 12.2. The van der Waals surface area contributed by atoms with Gasteiger partial charge in [0.15, 0.2) is 12.1 Å². The number of rotatable bonds is 13. The summed E-state index contributed by atoms with van der Waals surface area (Å²) in [4.78, 5) is 28.2. The molecule has 0 radical (unpaired) electrons. The first-order chi connectivity index (χ1) is 28.8. The highest BCUT2D eigenvalue weighted by atomic mass is 16.7. The molecule has 0 aliphatic carbocycles. The van der Waals surface area contributed by atoms with E-state index in [9.17, 15) is 14.7 Å². The number of likely N-dealkylation sites (N-methyl/N-ethyl adjacent to an activating group) is 1. The van der Waals surface area contributed by atoms with Crippen molar-refractivity contribution in [2.75, 3.05) is 18.9 Å². The molecule has 0 bridgehead atoms. The molecule has 0 spiro atoms. The van der Waals surface area contributed by atoms with Gasteiger partial charge in [0.25, 0.3) is 0 Å². The number of carbonyl (C=O) groups excluding carboxylic acids is 2. The van der Waals surface area contributed by atoms with Crippen LogP contribution in [0.3, 0.4) is 0 Å². The fourth-order valence-corrected chi connectivity index (χ4v) is 8.32. The van der Waals surface area contributed by atoms with Gasteiger partial charge in [-0.2, -0.15) is 0 Å². The second-order valence-corrected chi connectivity index (χ2v) is 15.5. The zero-order valence-electron chi connectivity index (χ0n) is 33.3. The number of hydrogen-bond donors (Lipinski definition) is 3. The molecule has 8 heteroatoms. The van der Waals surface area contributed by atoms with Crippen LogP contribution in [0.1, 0.15) is 58.6 Å². The molecule has 8 rings (SSSR count). The fourth-order valence-electron chi connectivity index (χ4n) is 8.32. The first-order valence-electron chi connectivity index (χ1n) is 20.2. The van der Waals surface area contributed by atoms with Crippen LogP contribution in [-0.4, -0.2) is 47.6 Å². The van der Waals surface area contributed by atoms with Gasteiger partial charge in [0.1, 0.15) is 0 Å². The summed E-state index contributed by atoms with van der Waals surface area (Å²) in [5.41, 5.74) is 6.40. The number of urea groups is 1. The van der Waals surface area contributed by atoms with Crippen LogP contribution in [0.4, 0.5) is 10.5 Å². The molecular weight excluding hydrogens is 735 g/mol. The molecule has 59 heavy (non-hydrogen) atoms. The van der Waals surface area contributed by atoms with Crippen LogP contribution in [-0.2, 0) is 33.8 Å². The molecule has 0 aromatic heterocycles. The molecule has 1 aliphatic heterocycles. The summed E-state index contributed by atoms with van der Waals surface area (Å²) in [6, 6.07) is 53.7. The molecule has 0 saturated carbocycles. The highest BCUT2D eigenvalue weighted by molar-refractivity contribution is 6.02. The Labute approximate surface area is 345 Å². The Morgan fingerprint density at radius 3 is 1.97 bits per heavy atom. The number of carbonyl (C=O) groups is 2. The van der Waals surface area contributed by atoms with Crippen LogP contribution in [0, 0.1) is 0 Å². The Morgan fingerprint density at radius 2 is 1.31 bits per heavy atom. The monoisotopic (exact) mass is 783 g/mol. The maximum absolute atomic E-state index is 13.3. The average molecular weight is 784 g/mol. The summed E-state index contributed by atoms with van der Waals surface area (Å²) in [6.07, 6.45) is -1.11. The third kappa shape index (κ3) is 9.27. The molecule has 3 N–H and O–H groups in total. The van der Waals surface area contributed by atoms with Gasteiger partial charge in [0.05, 0.1) is 24.9 Å². The topological polar surface area (TPSA) is 100 Å². The number of fused-ring (bicyclic) bond motifs is 2. The normalized spacial score (nSPS) is 18.4. The van der Waals surface area contributed by atoms with Gasteiger partial charge in [-0.25, -0.2) is 4.79 Å². The summed E-state index contributed by atoms with van der Waals surface area (Å²) in [6.45, 7) is 2.73. The second kappa shape index (κ2) is 18.2. The molecule has 5 atom stereocenters. The number of ether oxygens (including phenoxy) is 2. The van der Waals surface area contributed by atoms with E-state index in [1.54, 1.807) is 0 Å². The van der Waals surface area contributed by atoms with E-state index in [1.165, 1.54) is 34.0 Å². The average Bonchev–Trinajstić information content (AvgIpc) is 3.26. The van der Waals surface area contributed by atoms with E-state index in [0.29, 0.717) is 25.2 Å². The lowest BCUT2D eigenvalue weighted by Crippen LogP contribution is -2.43. The number of aliphatic hydroxyl groups excluding tert-OH is 1. The van der Waals surface area contributed by atoms with Crippen LogP contribution < -0.4 is 10.6 Å².